The van der Waals surface area contributed by atoms with Gasteiger partial charge in [-0.15, -0.1) is 0 Å². The molecule has 2 aliphatic heterocycles. The summed E-state index contributed by atoms with van der Waals surface area (Å²) in [6, 6.07) is 8.05. The number of aryl methyl sites for hydroxylation is 1. The van der Waals surface area contributed by atoms with Crippen LogP contribution in [-0.2, 0) is 11.3 Å². The number of hydrogen-bond donors (Lipinski definition) is 0. The molecule has 156 valence electrons. The van der Waals surface area contributed by atoms with Crippen LogP contribution in [-0.4, -0.2) is 76.6 Å². The Hall–Kier alpha value is -2.25. The number of likely N-dealkylation sites (N-methyl/N-ethyl adjacent to an activating group) is 1. The van der Waals surface area contributed by atoms with Gasteiger partial charge in [-0.3, -0.25) is 9.69 Å². The van der Waals surface area contributed by atoms with Crippen molar-refractivity contribution >= 4 is 5.91 Å². The van der Waals surface area contributed by atoms with E-state index in [1.54, 1.807) is 0 Å². The van der Waals surface area contributed by atoms with Gasteiger partial charge in [0.15, 0.2) is 0 Å². The van der Waals surface area contributed by atoms with Gasteiger partial charge in [0.05, 0.1) is 12.5 Å². The quantitative estimate of drug-likeness (QED) is 0.772. The Balaban J connectivity index is 1.35. The summed E-state index contributed by atoms with van der Waals surface area (Å²) in [6.45, 7) is 11.3. The minimum atomic E-state index is 0.0793. The molecule has 1 atom stereocenters. The SMILES string of the molecule is CCN1CCN(C(=O)C2CCCN(Cc3nc(-c4ccccc4C)no3)C2)CC1. The number of amides is 1. The van der Waals surface area contributed by atoms with E-state index in [0.717, 1.165) is 69.8 Å². The molecule has 0 aliphatic carbocycles. The summed E-state index contributed by atoms with van der Waals surface area (Å²) in [7, 11) is 0. The smallest absolute Gasteiger partial charge is 0.241 e. The van der Waals surface area contributed by atoms with Gasteiger partial charge in [-0.05, 0) is 38.4 Å². The van der Waals surface area contributed by atoms with E-state index in [2.05, 4.69) is 31.8 Å². The molecule has 0 spiro atoms. The number of piperazine rings is 1. The third-order valence-corrected chi connectivity index (χ3v) is 6.20. The summed E-state index contributed by atoms with van der Waals surface area (Å²) < 4.78 is 5.51. The van der Waals surface area contributed by atoms with Crippen molar-refractivity contribution in [2.45, 2.75) is 33.2 Å². The Morgan fingerprint density at radius 3 is 2.69 bits per heavy atom. The number of aromatic nitrogens is 2. The van der Waals surface area contributed by atoms with Crippen molar-refractivity contribution in [2.24, 2.45) is 5.92 Å². The van der Waals surface area contributed by atoms with E-state index in [0.29, 0.717) is 24.2 Å². The van der Waals surface area contributed by atoms with Gasteiger partial charge in [-0.2, -0.15) is 4.98 Å². The molecule has 7 nitrogen and oxygen atoms in total. The lowest BCUT2D eigenvalue weighted by atomic mass is 9.96. The van der Waals surface area contributed by atoms with Crippen molar-refractivity contribution in [1.82, 2.24) is 24.8 Å². The van der Waals surface area contributed by atoms with Crippen molar-refractivity contribution in [1.29, 1.82) is 0 Å². The highest BCUT2D eigenvalue weighted by Gasteiger charge is 2.31. The van der Waals surface area contributed by atoms with Crippen molar-refractivity contribution in [3.05, 3.63) is 35.7 Å². The fourth-order valence-electron chi connectivity index (χ4n) is 4.39. The van der Waals surface area contributed by atoms with E-state index >= 15 is 0 Å². The van der Waals surface area contributed by atoms with E-state index in [-0.39, 0.29) is 5.92 Å². The maximum Gasteiger partial charge on any atom is 0.241 e. The minimum Gasteiger partial charge on any atom is -0.340 e. The Morgan fingerprint density at radius 1 is 1.14 bits per heavy atom. The fraction of sp³-hybridized carbons (Fsp3) is 0.591. The maximum absolute atomic E-state index is 13.0. The lowest BCUT2D eigenvalue weighted by molar-refractivity contribution is -0.139. The maximum atomic E-state index is 13.0. The van der Waals surface area contributed by atoms with Gasteiger partial charge in [0.25, 0.3) is 0 Å². The summed E-state index contributed by atoms with van der Waals surface area (Å²) in [4.78, 5) is 24.3. The third-order valence-electron chi connectivity index (χ3n) is 6.20. The van der Waals surface area contributed by atoms with Crippen LogP contribution in [0.4, 0.5) is 0 Å². The van der Waals surface area contributed by atoms with Gasteiger partial charge in [0.1, 0.15) is 0 Å². The molecule has 1 aromatic heterocycles. The first-order chi connectivity index (χ1) is 14.1. The van der Waals surface area contributed by atoms with Gasteiger partial charge >= 0.3 is 0 Å². The Morgan fingerprint density at radius 2 is 1.93 bits per heavy atom. The van der Waals surface area contributed by atoms with Crippen molar-refractivity contribution in [3.8, 4) is 11.4 Å². The third kappa shape index (κ3) is 4.67. The number of rotatable bonds is 5. The molecule has 7 heteroatoms. The zero-order valence-electron chi connectivity index (χ0n) is 17.5. The predicted molar refractivity (Wildman–Crippen MR) is 111 cm³/mol. The van der Waals surface area contributed by atoms with Crippen LogP contribution in [0.25, 0.3) is 11.4 Å². The van der Waals surface area contributed by atoms with Crippen LogP contribution >= 0.6 is 0 Å². The number of benzene rings is 1. The molecule has 3 heterocycles. The fourth-order valence-corrected chi connectivity index (χ4v) is 4.39. The van der Waals surface area contributed by atoms with E-state index in [9.17, 15) is 4.79 Å². The van der Waals surface area contributed by atoms with Crippen LogP contribution in [0.5, 0.6) is 0 Å². The molecule has 2 saturated heterocycles. The molecule has 0 radical (unpaired) electrons. The zero-order valence-corrected chi connectivity index (χ0v) is 17.5. The number of carbonyl (C=O) groups excluding carboxylic acids is 1. The number of hydrogen-bond acceptors (Lipinski definition) is 6. The van der Waals surface area contributed by atoms with E-state index < -0.39 is 0 Å². The highest BCUT2D eigenvalue weighted by atomic mass is 16.5. The topological polar surface area (TPSA) is 65.7 Å². The monoisotopic (exact) mass is 397 g/mol. The molecular weight excluding hydrogens is 366 g/mol. The zero-order chi connectivity index (χ0) is 20.2. The van der Waals surface area contributed by atoms with Crippen LogP contribution in [0.3, 0.4) is 0 Å². The highest BCUT2D eigenvalue weighted by molar-refractivity contribution is 5.79. The lowest BCUT2D eigenvalue weighted by Gasteiger charge is -2.38. The molecule has 2 aromatic rings. The molecular formula is C22H31N5O2. The van der Waals surface area contributed by atoms with E-state index in [1.807, 2.05) is 31.2 Å². The largest absolute Gasteiger partial charge is 0.340 e. The molecule has 1 aromatic carbocycles. The highest BCUT2D eigenvalue weighted by Crippen LogP contribution is 2.23. The minimum absolute atomic E-state index is 0.0793. The second kappa shape index (κ2) is 9.05. The van der Waals surface area contributed by atoms with Gasteiger partial charge in [0.2, 0.25) is 17.6 Å². The number of piperidine rings is 1. The van der Waals surface area contributed by atoms with Crippen LogP contribution in [0, 0.1) is 12.8 Å². The number of carbonyl (C=O) groups is 1. The molecule has 29 heavy (non-hydrogen) atoms. The van der Waals surface area contributed by atoms with Crippen molar-refractivity contribution in [3.63, 3.8) is 0 Å². The molecule has 2 aliphatic rings. The van der Waals surface area contributed by atoms with Crippen LogP contribution in [0.2, 0.25) is 0 Å². The predicted octanol–water partition coefficient (Wildman–Crippen LogP) is 2.42. The van der Waals surface area contributed by atoms with Crippen molar-refractivity contribution in [2.75, 3.05) is 45.8 Å². The second-order valence-corrected chi connectivity index (χ2v) is 8.16. The number of likely N-dealkylation sites (tertiary alicyclic amines) is 1. The van der Waals surface area contributed by atoms with Gasteiger partial charge < -0.3 is 14.3 Å². The Bertz CT molecular complexity index is 828. The Labute approximate surface area is 172 Å². The summed E-state index contributed by atoms with van der Waals surface area (Å²) in [6.07, 6.45) is 2.01. The van der Waals surface area contributed by atoms with Gasteiger partial charge in [-0.25, -0.2) is 0 Å². The average molecular weight is 398 g/mol. The first-order valence-electron chi connectivity index (χ1n) is 10.8. The van der Waals surface area contributed by atoms with Crippen LogP contribution < -0.4 is 0 Å². The molecule has 1 unspecified atom stereocenters. The molecule has 1 amide bonds. The lowest BCUT2D eigenvalue weighted by Crippen LogP contribution is -2.52. The van der Waals surface area contributed by atoms with Crippen LogP contribution in [0.15, 0.2) is 28.8 Å². The summed E-state index contributed by atoms with van der Waals surface area (Å²) >= 11 is 0. The summed E-state index contributed by atoms with van der Waals surface area (Å²) in [5, 5.41) is 4.16. The van der Waals surface area contributed by atoms with Gasteiger partial charge in [-0.1, -0.05) is 36.3 Å². The van der Waals surface area contributed by atoms with E-state index in [1.165, 1.54) is 0 Å². The Kier molecular flexibility index (Phi) is 6.25. The number of nitrogens with zero attached hydrogens (tertiary/aromatic N) is 5. The van der Waals surface area contributed by atoms with Crippen LogP contribution in [0.1, 0.15) is 31.2 Å². The first-order valence-corrected chi connectivity index (χ1v) is 10.8. The van der Waals surface area contributed by atoms with Crippen molar-refractivity contribution < 1.29 is 9.32 Å². The normalized spacial score (nSPS) is 21.4. The van der Waals surface area contributed by atoms with Gasteiger partial charge in [0, 0.05) is 38.3 Å². The molecule has 0 N–H and O–H groups in total. The second-order valence-electron chi connectivity index (χ2n) is 8.16. The first kappa shape index (κ1) is 20.0. The van der Waals surface area contributed by atoms with E-state index in [4.69, 9.17) is 4.52 Å². The molecule has 4 rings (SSSR count). The molecule has 2 fully saturated rings. The molecule has 0 saturated carbocycles. The summed E-state index contributed by atoms with van der Waals surface area (Å²) in [5.41, 5.74) is 2.13. The molecule has 0 bridgehead atoms. The average Bonchev–Trinajstić information content (AvgIpc) is 3.22. The standard InChI is InChI=1S/C22H31N5O2/c1-3-25-11-13-27(14-12-25)22(28)18-8-6-10-26(15-18)16-20-23-21(24-29-20)19-9-5-4-7-17(19)2/h4-5,7,9,18H,3,6,8,10-16H2,1-2H3. The summed E-state index contributed by atoms with van der Waals surface area (Å²) in [5.74, 6) is 1.65.